The van der Waals surface area contributed by atoms with E-state index in [0.29, 0.717) is 5.56 Å². The lowest BCUT2D eigenvalue weighted by atomic mass is 9.87. The second-order valence-electron chi connectivity index (χ2n) is 4.94. The summed E-state index contributed by atoms with van der Waals surface area (Å²) in [5.41, 5.74) is 0.0511. The molecule has 92 valence electrons. The van der Waals surface area contributed by atoms with Gasteiger partial charge in [0.2, 0.25) is 0 Å². The highest BCUT2D eigenvalue weighted by molar-refractivity contribution is 5.86. The maximum Gasteiger partial charge on any atom is 0.328 e. The number of hydrogen-bond acceptors (Lipinski definition) is 3. The van der Waals surface area contributed by atoms with Gasteiger partial charge in [-0.05, 0) is 17.5 Å². The largest absolute Gasteiger partial charge is 0.507 e. The van der Waals surface area contributed by atoms with Crippen molar-refractivity contribution in [3.8, 4) is 5.75 Å². The second kappa shape index (κ2) is 4.99. The van der Waals surface area contributed by atoms with Crippen molar-refractivity contribution in [2.24, 2.45) is 10.4 Å². The molecule has 1 rings (SSSR count). The van der Waals surface area contributed by atoms with Gasteiger partial charge >= 0.3 is 5.97 Å². The normalized spacial score (nSPS) is 13.8. The van der Waals surface area contributed by atoms with E-state index in [1.807, 2.05) is 20.8 Å². The summed E-state index contributed by atoms with van der Waals surface area (Å²) in [7, 11) is 0. The molecule has 0 aliphatic heterocycles. The highest BCUT2D eigenvalue weighted by Crippen LogP contribution is 2.23. The molecule has 0 bridgehead atoms. The van der Waals surface area contributed by atoms with Gasteiger partial charge in [-0.2, -0.15) is 0 Å². The van der Waals surface area contributed by atoms with Gasteiger partial charge in [0, 0.05) is 11.8 Å². The predicted octanol–water partition coefficient (Wildman–Crippen LogP) is 2.31. The van der Waals surface area contributed by atoms with Gasteiger partial charge in [0.1, 0.15) is 5.75 Å². The molecule has 0 aliphatic carbocycles. The lowest BCUT2D eigenvalue weighted by Crippen LogP contribution is -2.32. The van der Waals surface area contributed by atoms with Crippen LogP contribution in [0.3, 0.4) is 0 Å². The van der Waals surface area contributed by atoms with Crippen LogP contribution in [0.5, 0.6) is 5.75 Å². The monoisotopic (exact) mass is 235 g/mol. The second-order valence-corrected chi connectivity index (χ2v) is 4.94. The van der Waals surface area contributed by atoms with E-state index in [9.17, 15) is 9.90 Å². The van der Waals surface area contributed by atoms with Crippen molar-refractivity contribution < 1.29 is 15.0 Å². The molecule has 0 unspecified atom stereocenters. The van der Waals surface area contributed by atoms with Crippen LogP contribution in [-0.2, 0) is 4.79 Å². The van der Waals surface area contributed by atoms with Gasteiger partial charge in [-0.15, -0.1) is 0 Å². The van der Waals surface area contributed by atoms with Gasteiger partial charge in [-0.25, -0.2) is 4.79 Å². The van der Waals surface area contributed by atoms with Gasteiger partial charge in [-0.3, -0.25) is 4.99 Å². The molecule has 0 saturated heterocycles. The molecule has 0 heterocycles. The number of rotatable bonds is 3. The highest BCUT2D eigenvalue weighted by Gasteiger charge is 2.30. The molecule has 0 fully saturated rings. The molecule has 1 aromatic rings. The van der Waals surface area contributed by atoms with Crippen molar-refractivity contribution in [3.05, 3.63) is 29.8 Å². The maximum atomic E-state index is 11.1. The topological polar surface area (TPSA) is 69.9 Å². The number of nitrogens with zero attached hydrogens (tertiary/aromatic N) is 1. The molecule has 0 aromatic heterocycles. The summed E-state index contributed by atoms with van der Waals surface area (Å²) in [6.45, 7) is 5.44. The molecule has 1 aromatic carbocycles. The summed E-state index contributed by atoms with van der Waals surface area (Å²) in [5, 5.41) is 18.6. The lowest BCUT2D eigenvalue weighted by molar-refractivity contribution is -0.140. The molecule has 2 N–H and O–H groups in total. The van der Waals surface area contributed by atoms with Crippen molar-refractivity contribution >= 4 is 12.2 Å². The minimum Gasteiger partial charge on any atom is -0.507 e. The Hall–Kier alpha value is -1.84. The number of aliphatic carboxylic acids is 1. The SMILES string of the molecule is CC(C)(C)[C@H](N=Cc1ccccc1O)C(=O)O. The third-order valence-corrected chi connectivity index (χ3v) is 2.35. The third kappa shape index (κ3) is 3.59. The predicted molar refractivity (Wildman–Crippen MR) is 66.6 cm³/mol. The highest BCUT2D eigenvalue weighted by atomic mass is 16.4. The van der Waals surface area contributed by atoms with Crippen molar-refractivity contribution in [3.63, 3.8) is 0 Å². The smallest absolute Gasteiger partial charge is 0.328 e. The lowest BCUT2D eigenvalue weighted by Gasteiger charge is -2.23. The van der Waals surface area contributed by atoms with Crippen LogP contribution in [0.2, 0.25) is 0 Å². The van der Waals surface area contributed by atoms with Crippen LogP contribution in [-0.4, -0.2) is 28.4 Å². The van der Waals surface area contributed by atoms with Crippen LogP contribution in [0.4, 0.5) is 0 Å². The number of aliphatic imine (C=N–C) groups is 1. The fourth-order valence-electron chi connectivity index (χ4n) is 1.41. The first-order valence-electron chi connectivity index (χ1n) is 5.36. The van der Waals surface area contributed by atoms with Gasteiger partial charge in [-0.1, -0.05) is 32.9 Å². The van der Waals surface area contributed by atoms with E-state index in [0.717, 1.165) is 0 Å². The van der Waals surface area contributed by atoms with E-state index in [1.165, 1.54) is 12.3 Å². The van der Waals surface area contributed by atoms with Gasteiger partial charge in [0.05, 0.1) is 0 Å². The Morgan fingerprint density at radius 2 is 1.94 bits per heavy atom. The van der Waals surface area contributed by atoms with E-state index < -0.39 is 17.4 Å². The summed E-state index contributed by atoms with van der Waals surface area (Å²) < 4.78 is 0. The zero-order valence-electron chi connectivity index (χ0n) is 10.2. The molecule has 0 radical (unpaired) electrons. The standard InChI is InChI=1S/C13H17NO3/c1-13(2,3)11(12(16)17)14-8-9-6-4-5-7-10(9)15/h4-8,11,15H,1-3H3,(H,16,17)/t11-/m1/s1. The van der Waals surface area contributed by atoms with Crippen molar-refractivity contribution in [2.75, 3.05) is 0 Å². The number of para-hydroxylation sites is 1. The van der Waals surface area contributed by atoms with Crippen LogP contribution < -0.4 is 0 Å². The quantitative estimate of drug-likeness (QED) is 0.790. The van der Waals surface area contributed by atoms with Gasteiger partial charge < -0.3 is 10.2 Å². The average Bonchev–Trinajstić information content (AvgIpc) is 2.18. The molecule has 4 heteroatoms. The fraction of sp³-hybridized carbons (Fsp3) is 0.385. The Bertz CT molecular complexity index is 433. The van der Waals surface area contributed by atoms with E-state index >= 15 is 0 Å². The average molecular weight is 235 g/mol. The summed E-state index contributed by atoms with van der Waals surface area (Å²) >= 11 is 0. The van der Waals surface area contributed by atoms with Crippen LogP contribution >= 0.6 is 0 Å². The molecule has 0 saturated carbocycles. The Balaban J connectivity index is 2.96. The Morgan fingerprint density at radius 3 is 2.41 bits per heavy atom. The number of benzene rings is 1. The number of phenols is 1. The summed E-state index contributed by atoms with van der Waals surface area (Å²) in [6, 6.07) is 5.84. The molecule has 17 heavy (non-hydrogen) atoms. The van der Waals surface area contributed by atoms with E-state index in [-0.39, 0.29) is 5.75 Å². The molecule has 0 aliphatic rings. The molecule has 1 atom stereocenters. The molecular formula is C13H17NO3. The first kappa shape index (κ1) is 13.2. The van der Waals surface area contributed by atoms with E-state index in [1.54, 1.807) is 18.2 Å². The number of aromatic hydroxyl groups is 1. The molecular weight excluding hydrogens is 218 g/mol. The Labute approximate surface area is 101 Å². The number of phenolic OH excluding ortho intramolecular Hbond substituents is 1. The van der Waals surface area contributed by atoms with Crippen molar-refractivity contribution in [1.82, 2.24) is 0 Å². The fourth-order valence-corrected chi connectivity index (χ4v) is 1.41. The first-order chi connectivity index (χ1) is 7.82. The van der Waals surface area contributed by atoms with E-state index in [2.05, 4.69) is 4.99 Å². The zero-order valence-corrected chi connectivity index (χ0v) is 10.2. The van der Waals surface area contributed by atoms with Gasteiger partial charge in [0.15, 0.2) is 6.04 Å². The number of carboxylic acids is 1. The third-order valence-electron chi connectivity index (χ3n) is 2.35. The number of hydrogen-bond donors (Lipinski definition) is 2. The minimum absolute atomic E-state index is 0.0919. The Morgan fingerprint density at radius 1 is 1.35 bits per heavy atom. The minimum atomic E-state index is -0.968. The zero-order chi connectivity index (χ0) is 13.1. The van der Waals surface area contributed by atoms with Crippen molar-refractivity contribution in [1.29, 1.82) is 0 Å². The van der Waals surface area contributed by atoms with Crippen LogP contribution in [0.25, 0.3) is 0 Å². The van der Waals surface area contributed by atoms with Crippen LogP contribution in [0, 0.1) is 5.41 Å². The van der Waals surface area contributed by atoms with E-state index in [4.69, 9.17) is 5.11 Å². The first-order valence-corrected chi connectivity index (χ1v) is 5.36. The molecule has 0 spiro atoms. The summed E-state index contributed by atoms with van der Waals surface area (Å²) in [4.78, 5) is 15.1. The Kier molecular flexibility index (Phi) is 3.89. The number of carboxylic acid groups (broad SMARTS) is 1. The molecule has 0 amide bonds. The summed E-state index contributed by atoms with van der Waals surface area (Å²) in [5.74, 6) is -0.876. The molecule has 4 nitrogen and oxygen atoms in total. The van der Waals surface area contributed by atoms with Crippen LogP contribution in [0.15, 0.2) is 29.3 Å². The van der Waals surface area contributed by atoms with Crippen molar-refractivity contribution in [2.45, 2.75) is 26.8 Å². The maximum absolute atomic E-state index is 11.1. The van der Waals surface area contributed by atoms with Crippen LogP contribution in [0.1, 0.15) is 26.3 Å². The number of carbonyl (C=O) groups is 1. The summed E-state index contributed by atoms with van der Waals surface area (Å²) in [6.07, 6.45) is 1.40. The van der Waals surface area contributed by atoms with Gasteiger partial charge in [0.25, 0.3) is 0 Å².